The van der Waals surface area contributed by atoms with Crippen molar-refractivity contribution in [3.63, 3.8) is 0 Å². The highest BCUT2D eigenvalue weighted by molar-refractivity contribution is 5.00. The van der Waals surface area contributed by atoms with Crippen LogP contribution in [0.3, 0.4) is 0 Å². The topological polar surface area (TPSA) is 30.3 Å². The average molecular weight is 209 g/mol. The molecule has 1 saturated heterocycles. The first-order valence-electron chi connectivity index (χ1n) is 5.76. The largest absolute Gasteiger partial charge is 0.295 e. The van der Waals surface area contributed by atoms with Gasteiger partial charge in [0.05, 0.1) is 6.07 Å². The third kappa shape index (κ3) is 2.93. The first-order valence-corrected chi connectivity index (χ1v) is 5.76. The van der Waals surface area contributed by atoms with Crippen LogP contribution in [-0.4, -0.2) is 47.1 Å². The van der Waals surface area contributed by atoms with Crippen LogP contribution in [0.1, 0.15) is 34.6 Å². The van der Waals surface area contributed by atoms with Gasteiger partial charge in [-0.15, -0.1) is 0 Å². The fourth-order valence-electron chi connectivity index (χ4n) is 2.14. The molecular weight excluding hydrogens is 186 g/mol. The van der Waals surface area contributed by atoms with Crippen LogP contribution in [0.4, 0.5) is 0 Å². The van der Waals surface area contributed by atoms with Crippen LogP contribution in [0.25, 0.3) is 0 Å². The van der Waals surface area contributed by atoms with Crippen molar-refractivity contribution in [1.29, 1.82) is 5.26 Å². The van der Waals surface area contributed by atoms with Gasteiger partial charge in [-0.3, -0.25) is 9.80 Å². The average Bonchev–Trinajstić information content (AvgIpc) is 2.15. The lowest BCUT2D eigenvalue weighted by Crippen LogP contribution is -2.59. The Hall–Kier alpha value is -0.590. The molecular formula is C12H23N3. The van der Waals surface area contributed by atoms with Crippen molar-refractivity contribution in [2.24, 2.45) is 0 Å². The van der Waals surface area contributed by atoms with Crippen molar-refractivity contribution < 1.29 is 0 Å². The number of rotatable bonds is 1. The van der Waals surface area contributed by atoms with Crippen molar-refractivity contribution in [2.75, 3.05) is 19.6 Å². The van der Waals surface area contributed by atoms with Gasteiger partial charge >= 0.3 is 0 Å². The molecule has 1 aliphatic heterocycles. The zero-order chi connectivity index (χ0) is 11.6. The van der Waals surface area contributed by atoms with Gasteiger partial charge in [0.25, 0.3) is 0 Å². The van der Waals surface area contributed by atoms with E-state index in [0.717, 1.165) is 19.6 Å². The van der Waals surface area contributed by atoms with Gasteiger partial charge in [-0.25, -0.2) is 0 Å². The molecule has 0 saturated carbocycles. The predicted molar refractivity (Wildman–Crippen MR) is 62.6 cm³/mol. The normalized spacial score (nSPS) is 25.5. The second-order valence-corrected chi connectivity index (χ2v) is 5.59. The van der Waals surface area contributed by atoms with E-state index in [-0.39, 0.29) is 11.6 Å². The molecule has 1 rings (SSSR count). The second-order valence-electron chi connectivity index (χ2n) is 5.59. The van der Waals surface area contributed by atoms with Crippen LogP contribution in [0.15, 0.2) is 0 Å². The van der Waals surface area contributed by atoms with E-state index >= 15 is 0 Å². The number of piperazine rings is 1. The lowest BCUT2D eigenvalue weighted by Gasteiger charge is -2.45. The van der Waals surface area contributed by atoms with E-state index < -0.39 is 0 Å². The molecule has 0 amide bonds. The van der Waals surface area contributed by atoms with Gasteiger partial charge in [0.2, 0.25) is 0 Å². The molecule has 1 aliphatic rings. The highest BCUT2D eigenvalue weighted by Gasteiger charge is 2.33. The van der Waals surface area contributed by atoms with E-state index in [4.69, 9.17) is 0 Å². The fourth-order valence-corrected chi connectivity index (χ4v) is 2.14. The van der Waals surface area contributed by atoms with E-state index in [2.05, 4.69) is 50.5 Å². The van der Waals surface area contributed by atoms with Gasteiger partial charge in [0.15, 0.2) is 0 Å². The SMILES string of the molecule is CC(C)N1CCN(C(C)(C)C)C[C@@H]1C#N. The van der Waals surface area contributed by atoms with Crippen LogP contribution in [0.2, 0.25) is 0 Å². The number of hydrogen-bond donors (Lipinski definition) is 0. The summed E-state index contributed by atoms with van der Waals surface area (Å²) in [6, 6.07) is 2.94. The summed E-state index contributed by atoms with van der Waals surface area (Å²) >= 11 is 0. The zero-order valence-electron chi connectivity index (χ0n) is 10.6. The maximum atomic E-state index is 9.18. The molecule has 0 radical (unpaired) electrons. The predicted octanol–water partition coefficient (Wildman–Crippen LogP) is 1.70. The minimum atomic E-state index is 0.0537. The summed E-state index contributed by atoms with van der Waals surface area (Å²) in [5, 5.41) is 9.18. The summed E-state index contributed by atoms with van der Waals surface area (Å²) in [5.41, 5.74) is 0.179. The van der Waals surface area contributed by atoms with Crippen molar-refractivity contribution in [2.45, 2.75) is 52.2 Å². The molecule has 0 bridgehead atoms. The molecule has 0 spiro atoms. The monoisotopic (exact) mass is 209 g/mol. The molecule has 0 aromatic rings. The number of hydrogen-bond acceptors (Lipinski definition) is 3. The summed E-state index contributed by atoms with van der Waals surface area (Å²) < 4.78 is 0. The van der Waals surface area contributed by atoms with Crippen molar-refractivity contribution in [1.82, 2.24) is 9.80 Å². The second kappa shape index (κ2) is 4.51. The summed E-state index contributed by atoms with van der Waals surface area (Å²) in [5.74, 6) is 0. The van der Waals surface area contributed by atoms with Gasteiger partial charge in [-0.2, -0.15) is 5.26 Å². The summed E-state index contributed by atoms with van der Waals surface area (Å²) in [6.07, 6.45) is 0. The van der Waals surface area contributed by atoms with E-state index in [1.165, 1.54) is 0 Å². The highest BCUT2D eigenvalue weighted by Crippen LogP contribution is 2.20. The van der Waals surface area contributed by atoms with E-state index in [9.17, 15) is 5.26 Å². The van der Waals surface area contributed by atoms with Gasteiger partial charge < -0.3 is 0 Å². The molecule has 15 heavy (non-hydrogen) atoms. The molecule has 86 valence electrons. The Morgan fingerprint density at radius 1 is 1.27 bits per heavy atom. The highest BCUT2D eigenvalue weighted by atomic mass is 15.3. The molecule has 1 fully saturated rings. The Balaban J connectivity index is 2.68. The Labute approximate surface area is 93.7 Å². The zero-order valence-corrected chi connectivity index (χ0v) is 10.6. The molecule has 3 heteroatoms. The molecule has 3 nitrogen and oxygen atoms in total. The van der Waals surface area contributed by atoms with Gasteiger partial charge in [-0.05, 0) is 34.6 Å². The third-order valence-electron chi connectivity index (χ3n) is 3.18. The van der Waals surface area contributed by atoms with E-state index in [1.807, 2.05) is 0 Å². The van der Waals surface area contributed by atoms with E-state index in [0.29, 0.717) is 6.04 Å². The Kier molecular flexibility index (Phi) is 3.75. The number of nitriles is 1. The first kappa shape index (κ1) is 12.5. The maximum absolute atomic E-state index is 9.18. The molecule has 1 heterocycles. The Morgan fingerprint density at radius 2 is 1.87 bits per heavy atom. The third-order valence-corrected chi connectivity index (χ3v) is 3.18. The lowest BCUT2D eigenvalue weighted by molar-refractivity contribution is 0.0261. The fraction of sp³-hybridized carbons (Fsp3) is 0.917. The smallest absolute Gasteiger partial charge is 0.111 e. The molecule has 0 aromatic heterocycles. The van der Waals surface area contributed by atoms with Gasteiger partial charge in [-0.1, -0.05) is 0 Å². The maximum Gasteiger partial charge on any atom is 0.111 e. The van der Waals surface area contributed by atoms with Crippen molar-refractivity contribution in [3.05, 3.63) is 0 Å². The lowest BCUT2D eigenvalue weighted by atomic mass is 10.0. The van der Waals surface area contributed by atoms with Crippen LogP contribution < -0.4 is 0 Å². The Bertz CT molecular complexity index is 247. The first-order chi connectivity index (χ1) is 6.86. The number of nitrogens with zero attached hydrogens (tertiary/aromatic N) is 3. The minimum Gasteiger partial charge on any atom is -0.295 e. The molecule has 1 atom stereocenters. The summed E-state index contributed by atoms with van der Waals surface area (Å²) in [4.78, 5) is 4.70. The molecule has 0 N–H and O–H groups in total. The molecule has 0 aromatic carbocycles. The molecule has 0 unspecified atom stereocenters. The van der Waals surface area contributed by atoms with Crippen molar-refractivity contribution >= 4 is 0 Å². The summed E-state index contributed by atoms with van der Waals surface area (Å²) in [6.45, 7) is 13.9. The summed E-state index contributed by atoms with van der Waals surface area (Å²) in [7, 11) is 0. The van der Waals surface area contributed by atoms with Crippen LogP contribution in [0.5, 0.6) is 0 Å². The Morgan fingerprint density at radius 3 is 2.27 bits per heavy atom. The van der Waals surface area contributed by atoms with Gasteiger partial charge in [0.1, 0.15) is 6.04 Å². The molecule has 0 aliphatic carbocycles. The quantitative estimate of drug-likeness (QED) is 0.658. The standard InChI is InChI=1S/C12H23N3/c1-10(2)15-7-6-14(12(3,4)5)9-11(15)8-13/h10-11H,6-7,9H2,1-5H3/t11-/m0/s1. The minimum absolute atomic E-state index is 0.0537. The van der Waals surface area contributed by atoms with Gasteiger partial charge in [0, 0.05) is 31.2 Å². The van der Waals surface area contributed by atoms with Crippen LogP contribution in [0, 0.1) is 11.3 Å². The van der Waals surface area contributed by atoms with Crippen LogP contribution >= 0.6 is 0 Å². The van der Waals surface area contributed by atoms with E-state index in [1.54, 1.807) is 0 Å². The van der Waals surface area contributed by atoms with Crippen LogP contribution in [-0.2, 0) is 0 Å². The van der Waals surface area contributed by atoms with Crippen molar-refractivity contribution in [3.8, 4) is 6.07 Å².